The summed E-state index contributed by atoms with van der Waals surface area (Å²) in [4.78, 5) is 70.3. The van der Waals surface area contributed by atoms with Crippen LogP contribution in [0.25, 0.3) is 22.3 Å². The van der Waals surface area contributed by atoms with E-state index in [2.05, 4.69) is 22.0 Å². The minimum absolute atomic E-state index is 0.0194. The molecule has 1 saturated heterocycles. The molecule has 1 unspecified atom stereocenters. The molecule has 338 valence electrons. The first-order valence-electron chi connectivity index (χ1n) is 21.9. The van der Waals surface area contributed by atoms with Gasteiger partial charge < -0.3 is 39.8 Å². The quantitative estimate of drug-likeness (QED) is 0.0385. The van der Waals surface area contributed by atoms with Crippen LogP contribution in [0.1, 0.15) is 91.3 Å². The van der Waals surface area contributed by atoms with Crippen LogP contribution in [0.4, 0.5) is 4.39 Å². The van der Waals surface area contributed by atoms with Crippen molar-refractivity contribution in [3.63, 3.8) is 0 Å². The van der Waals surface area contributed by atoms with Crippen molar-refractivity contribution in [1.29, 1.82) is 0 Å². The Hall–Kier alpha value is -4.94. The maximum absolute atomic E-state index is 15.3. The molecule has 0 spiro atoms. The smallest absolute Gasteiger partial charge is 0.343 e. The van der Waals surface area contributed by atoms with E-state index in [0.717, 1.165) is 28.5 Å². The number of fused-ring (bicyclic) bond motifs is 5. The molecule has 7 rings (SSSR count). The zero-order chi connectivity index (χ0) is 44.7. The van der Waals surface area contributed by atoms with Crippen molar-refractivity contribution in [3.05, 3.63) is 86.1 Å². The number of carbonyl (C=O) groups is 4. The lowest BCUT2D eigenvalue weighted by Gasteiger charge is -2.31. The summed E-state index contributed by atoms with van der Waals surface area (Å²) >= 11 is 1.42. The first-order chi connectivity index (χ1) is 30.5. The van der Waals surface area contributed by atoms with Crippen molar-refractivity contribution < 1.29 is 42.9 Å². The highest BCUT2D eigenvalue weighted by atomic mass is 32.2. The minimum Gasteiger partial charge on any atom is -0.458 e. The number of nitrogens with one attached hydrogen (secondary N) is 3. The van der Waals surface area contributed by atoms with Crippen molar-refractivity contribution in [3.8, 4) is 11.4 Å². The second-order valence-electron chi connectivity index (χ2n) is 16.2. The van der Waals surface area contributed by atoms with Gasteiger partial charge in [-0.15, -0.1) is 0 Å². The van der Waals surface area contributed by atoms with Crippen LogP contribution < -0.4 is 21.5 Å². The summed E-state index contributed by atoms with van der Waals surface area (Å²) in [5, 5.41) is 21.6. The molecule has 15 nitrogen and oxygen atoms in total. The number of benzene rings is 1. The van der Waals surface area contributed by atoms with E-state index in [1.54, 1.807) is 24.5 Å². The standard InChI is InChI=1S/C46H57FN6O9S/c1-4-46(59)32-23-36-42-30(26-53(36)43(56)31(32)27-62-45(46)58)41-34(13-12-29-28(2)33(47)24-35(51-42)40(29)41)50-38(54)11-10-16-48-14-6-5-9-19-60-21-22-61-20-17-49-15-7-8-18-52-39(55)25-37(63-3)44(52)57/h5-7,15,23-24,34,37,48-49,59H,4,8-14,16-22,25-27H2,1-3H3,(H,50,54)/t34-,37?,46-/m0/s1. The molecule has 1 aliphatic carbocycles. The molecule has 1 aromatic carbocycles. The number of cyclic esters (lactones) is 1. The Morgan fingerprint density at radius 3 is 2.65 bits per heavy atom. The average molecular weight is 889 g/mol. The van der Waals surface area contributed by atoms with E-state index in [1.807, 2.05) is 24.6 Å². The number of carbonyl (C=O) groups excluding carboxylic acids is 4. The number of pyridine rings is 2. The van der Waals surface area contributed by atoms with Gasteiger partial charge in [0.25, 0.3) is 5.56 Å². The predicted molar refractivity (Wildman–Crippen MR) is 236 cm³/mol. The van der Waals surface area contributed by atoms with Crippen LogP contribution in [0.3, 0.4) is 0 Å². The maximum Gasteiger partial charge on any atom is 0.343 e. The SMILES string of the molecule is CC[C@@]1(O)C(=O)OCc2c1cc1n(c2=O)Cc2c-1nc1cc(F)c(C)c3c1c2[C@@H](NC(=O)CCCNCC=CCCOCCOCCNC=CCCN1C(=O)CC(SC)C1=O)CC3. The molecule has 3 atom stereocenters. The number of likely N-dealkylation sites (tertiary alicyclic amines) is 1. The van der Waals surface area contributed by atoms with Crippen LogP contribution in [-0.2, 0) is 58.6 Å². The second kappa shape index (κ2) is 20.7. The Bertz CT molecular complexity index is 2370. The number of imide groups is 1. The lowest BCUT2D eigenvalue weighted by atomic mass is 9.81. The van der Waals surface area contributed by atoms with Crippen LogP contribution in [0.5, 0.6) is 0 Å². The number of rotatable bonds is 22. The second-order valence-corrected chi connectivity index (χ2v) is 17.3. The number of aromatic nitrogens is 2. The van der Waals surface area contributed by atoms with Crippen LogP contribution >= 0.6 is 11.8 Å². The molecule has 4 N–H and O–H groups in total. The molecule has 1 fully saturated rings. The van der Waals surface area contributed by atoms with Crippen molar-refractivity contribution >= 4 is 46.4 Å². The van der Waals surface area contributed by atoms with Gasteiger partial charge in [-0.2, -0.15) is 11.8 Å². The monoisotopic (exact) mass is 888 g/mol. The number of ether oxygens (including phenoxy) is 3. The zero-order valence-electron chi connectivity index (χ0n) is 36.2. The fourth-order valence-corrected chi connectivity index (χ4v) is 9.49. The number of halogens is 1. The number of thioether (sulfide) groups is 1. The lowest BCUT2D eigenvalue weighted by molar-refractivity contribution is -0.172. The third-order valence-electron chi connectivity index (χ3n) is 12.3. The van der Waals surface area contributed by atoms with Gasteiger partial charge in [-0.1, -0.05) is 25.2 Å². The summed E-state index contributed by atoms with van der Waals surface area (Å²) in [6.45, 7) is 7.80. The topological polar surface area (TPSA) is 190 Å². The van der Waals surface area contributed by atoms with E-state index in [9.17, 15) is 29.1 Å². The van der Waals surface area contributed by atoms with Gasteiger partial charge in [-0.3, -0.25) is 24.1 Å². The van der Waals surface area contributed by atoms with E-state index in [1.165, 1.54) is 22.7 Å². The normalized spacial score (nSPS) is 20.2. The number of hydrogen-bond acceptors (Lipinski definition) is 13. The summed E-state index contributed by atoms with van der Waals surface area (Å²) < 4.78 is 33.3. The maximum atomic E-state index is 15.3. The molecule has 3 aliphatic heterocycles. The van der Waals surface area contributed by atoms with Gasteiger partial charge in [-0.25, -0.2) is 14.2 Å². The predicted octanol–water partition coefficient (Wildman–Crippen LogP) is 3.96. The molecule has 0 bridgehead atoms. The number of hydrogen-bond donors (Lipinski definition) is 4. The fourth-order valence-electron chi connectivity index (χ4n) is 8.86. The third kappa shape index (κ3) is 9.77. The van der Waals surface area contributed by atoms with E-state index in [-0.39, 0.29) is 71.1 Å². The van der Waals surface area contributed by atoms with E-state index in [0.29, 0.717) is 114 Å². The molecule has 5 heterocycles. The van der Waals surface area contributed by atoms with E-state index < -0.39 is 11.6 Å². The number of nitrogens with zero attached hydrogens (tertiary/aromatic N) is 3. The van der Waals surface area contributed by atoms with Gasteiger partial charge in [0.2, 0.25) is 17.7 Å². The van der Waals surface area contributed by atoms with E-state index in [4.69, 9.17) is 19.2 Å². The number of aliphatic hydroxyl groups is 1. The number of esters is 1. The Kier molecular flexibility index (Phi) is 15.1. The van der Waals surface area contributed by atoms with Crippen molar-refractivity contribution in [2.24, 2.45) is 0 Å². The highest BCUT2D eigenvalue weighted by molar-refractivity contribution is 8.00. The largest absolute Gasteiger partial charge is 0.458 e. The molecule has 0 saturated carbocycles. The van der Waals surface area contributed by atoms with Gasteiger partial charge in [-0.05, 0) is 87.2 Å². The van der Waals surface area contributed by atoms with Gasteiger partial charge in [0.15, 0.2) is 5.60 Å². The van der Waals surface area contributed by atoms with Crippen molar-refractivity contribution in [1.82, 2.24) is 30.4 Å². The van der Waals surface area contributed by atoms with Crippen LogP contribution in [0.15, 0.2) is 41.4 Å². The molecule has 63 heavy (non-hydrogen) atoms. The molecule has 3 amide bonds. The molecular formula is C46H57FN6O9S. The third-order valence-corrected chi connectivity index (χ3v) is 13.3. The molecule has 0 radical (unpaired) electrons. The van der Waals surface area contributed by atoms with Gasteiger partial charge in [0, 0.05) is 55.1 Å². The van der Waals surface area contributed by atoms with E-state index >= 15 is 4.39 Å². The molecule has 3 aromatic rings. The van der Waals surface area contributed by atoms with Crippen LogP contribution in [0.2, 0.25) is 0 Å². The summed E-state index contributed by atoms with van der Waals surface area (Å²) in [5.41, 5.74) is 2.42. The Balaban J connectivity index is 0.810. The fraction of sp³-hybridized carbons (Fsp3) is 0.522. The van der Waals surface area contributed by atoms with Gasteiger partial charge in [0.05, 0.1) is 66.7 Å². The van der Waals surface area contributed by atoms with Crippen molar-refractivity contribution in [2.75, 3.05) is 58.9 Å². The Morgan fingerprint density at radius 2 is 1.87 bits per heavy atom. The highest BCUT2D eigenvalue weighted by Gasteiger charge is 2.46. The number of amides is 3. The van der Waals surface area contributed by atoms with Crippen LogP contribution in [-0.4, -0.2) is 107 Å². The lowest BCUT2D eigenvalue weighted by Crippen LogP contribution is -2.44. The minimum atomic E-state index is -1.97. The summed E-state index contributed by atoms with van der Waals surface area (Å²) in [6, 6.07) is 2.67. The molecular weight excluding hydrogens is 832 g/mol. The van der Waals surface area contributed by atoms with Crippen molar-refractivity contribution in [2.45, 2.75) is 95.3 Å². The first kappa shape index (κ1) is 46.1. The van der Waals surface area contributed by atoms with Crippen LogP contribution in [0, 0.1) is 12.7 Å². The Labute approximate surface area is 370 Å². The highest BCUT2D eigenvalue weighted by Crippen LogP contribution is 2.46. The zero-order valence-corrected chi connectivity index (χ0v) is 37.0. The molecule has 2 aromatic heterocycles. The first-order valence-corrected chi connectivity index (χ1v) is 23.1. The number of aryl methyl sites for hydroxylation is 1. The molecule has 4 aliphatic rings. The average Bonchev–Trinajstić information content (AvgIpc) is 3.78. The molecule has 17 heteroatoms. The summed E-state index contributed by atoms with van der Waals surface area (Å²) in [5.74, 6) is -1.47. The Morgan fingerprint density at radius 1 is 1.06 bits per heavy atom. The van der Waals surface area contributed by atoms with Gasteiger partial charge >= 0.3 is 5.97 Å². The summed E-state index contributed by atoms with van der Waals surface area (Å²) in [7, 11) is 0. The summed E-state index contributed by atoms with van der Waals surface area (Å²) in [6.07, 6.45) is 13.4. The van der Waals surface area contributed by atoms with Gasteiger partial charge in [0.1, 0.15) is 12.4 Å².